The molecule has 2 atom stereocenters. The number of carboxylic acids is 2. The number of aromatic amines is 1. The molecular formula is C37H46N4O8S. The number of anilines is 1. The maximum Gasteiger partial charge on any atom is 0.342 e. The monoisotopic (exact) mass is 706 g/mol. The maximum atomic E-state index is 13.9. The number of hydrogen-bond acceptors (Lipinski definition) is 8. The highest BCUT2D eigenvalue weighted by Crippen LogP contribution is 2.38. The van der Waals surface area contributed by atoms with Crippen LogP contribution in [0.1, 0.15) is 105 Å². The van der Waals surface area contributed by atoms with E-state index in [2.05, 4.69) is 36.4 Å². The molecule has 1 aliphatic heterocycles. The Balaban J connectivity index is 1.57. The average Bonchev–Trinajstić information content (AvgIpc) is 3.50. The summed E-state index contributed by atoms with van der Waals surface area (Å²) >= 11 is 1.25. The number of esters is 1. The highest BCUT2D eigenvalue weighted by Gasteiger charge is 2.38. The van der Waals surface area contributed by atoms with Crippen LogP contribution in [-0.4, -0.2) is 62.6 Å². The van der Waals surface area contributed by atoms with Crippen LogP contribution in [0.4, 0.5) is 5.82 Å². The van der Waals surface area contributed by atoms with Gasteiger partial charge < -0.3 is 30.6 Å². The summed E-state index contributed by atoms with van der Waals surface area (Å²) in [4.78, 5) is 70.4. The largest absolute Gasteiger partial charge is 0.478 e. The SMILES string of the molecule is CC(=O)Nc1[nH]c(/C(C)=C2\N=C(NC(=O)CCCSc3cc(C(=O)O)cc(C(=O)O)c3)C(C(=O)OC3C(C)CC(C)CC3C)=C2C)c(C)c1C. The third-order valence-corrected chi connectivity index (χ3v) is 10.4. The highest BCUT2D eigenvalue weighted by molar-refractivity contribution is 7.99. The Morgan fingerprint density at radius 1 is 0.920 bits per heavy atom. The smallest absolute Gasteiger partial charge is 0.342 e. The predicted octanol–water partition coefficient (Wildman–Crippen LogP) is 6.75. The van der Waals surface area contributed by atoms with Crippen LogP contribution in [0, 0.1) is 31.6 Å². The van der Waals surface area contributed by atoms with Crippen molar-refractivity contribution in [2.75, 3.05) is 11.1 Å². The topological polar surface area (TPSA) is 187 Å². The van der Waals surface area contributed by atoms with Crippen molar-refractivity contribution in [3.63, 3.8) is 0 Å². The lowest BCUT2D eigenvalue weighted by atomic mass is 9.75. The minimum Gasteiger partial charge on any atom is -0.478 e. The van der Waals surface area contributed by atoms with E-state index in [9.17, 15) is 34.2 Å². The van der Waals surface area contributed by atoms with Crippen LogP contribution in [0.2, 0.25) is 0 Å². The van der Waals surface area contributed by atoms with E-state index in [1.54, 1.807) is 6.92 Å². The fraction of sp³-hybridized carbons (Fsp3) is 0.459. The second kappa shape index (κ2) is 15.9. The molecule has 5 N–H and O–H groups in total. The summed E-state index contributed by atoms with van der Waals surface area (Å²) < 4.78 is 6.16. The molecule has 0 radical (unpaired) electrons. The van der Waals surface area contributed by atoms with E-state index in [0.717, 1.165) is 41.3 Å². The number of rotatable bonds is 11. The fourth-order valence-electron chi connectivity index (χ4n) is 6.89. The molecule has 1 aromatic carbocycles. The minimum absolute atomic E-state index is 0.0689. The highest BCUT2D eigenvalue weighted by atomic mass is 32.2. The lowest BCUT2D eigenvalue weighted by Crippen LogP contribution is -2.40. The minimum atomic E-state index is -1.23. The lowest BCUT2D eigenvalue weighted by Gasteiger charge is -2.37. The third kappa shape index (κ3) is 8.73. The van der Waals surface area contributed by atoms with Crippen LogP contribution < -0.4 is 10.6 Å². The van der Waals surface area contributed by atoms with Crippen molar-refractivity contribution in [2.45, 2.75) is 92.1 Å². The van der Waals surface area contributed by atoms with E-state index >= 15 is 0 Å². The number of carboxylic acid groups (broad SMARTS) is 2. The molecule has 1 aliphatic carbocycles. The summed E-state index contributed by atoms with van der Waals surface area (Å²) in [6, 6.07) is 3.90. The number of nitrogens with one attached hydrogen (secondary N) is 3. The van der Waals surface area contributed by atoms with E-state index in [1.807, 2.05) is 20.8 Å². The molecule has 2 heterocycles. The molecule has 2 aromatic rings. The molecular weight excluding hydrogens is 660 g/mol. The molecule has 4 rings (SSSR count). The molecule has 0 spiro atoms. The van der Waals surface area contributed by atoms with Gasteiger partial charge in [0, 0.05) is 23.9 Å². The van der Waals surface area contributed by atoms with Gasteiger partial charge in [0.25, 0.3) is 0 Å². The van der Waals surface area contributed by atoms with E-state index in [0.29, 0.717) is 40.1 Å². The fourth-order valence-corrected chi connectivity index (χ4v) is 7.84. The Morgan fingerprint density at radius 2 is 1.52 bits per heavy atom. The van der Waals surface area contributed by atoms with Crippen LogP contribution in [0.3, 0.4) is 0 Å². The number of ether oxygens (including phenoxy) is 1. The van der Waals surface area contributed by atoms with Crippen LogP contribution in [0.25, 0.3) is 5.57 Å². The zero-order valence-electron chi connectivity index (χ0n) is 29.8. The number of aromatic carboxylic acids is 2. The first kappa shape index (κ1) is 38.2. The zero-order valence-corrected chi connectivity index (χ0v) is 30.6. The van der Waals surface area contributed by atoms with Crippen molar-refractivity contribution >= 4 is 58.7 Å². The summed E-state index contributed by atoms with van der Waals surface area (Å²) in [5.41, 5.74) is 4.23. The maximum absolute atomic E-state index is 13.9. The summed E-state index contributed by atoms with van der Waals surface area (Å²) in [7, 11) is 0. The van der Waals surface area contributed by atoms with Crippen LogP contribution >= 0.6 is 11.8 Å². The molecule has 2 unspecified atom stereocenters. The number of aromatic nitrogens is 1. The van der Waals surface area contributed by atoms with Crippen LogP contribution in [0.5, 0.6) is 0 Å². The van der Waals surface area contributed by atoms with Gasteiger partial charge in [-0.1, -0.05) is 20.8 Å². The number of nitrogens with zero attached hydrogens (tertiary/aromatic N) is 1. The number of carbonyl (C=O) groups is 5. The van der Waals surface area contributed by atoms with Crippen molar-refractivity contribution in [2.24, 2.45) is 22.7 Å². The molecule has 0 saturated heterocycles. The van der Waals surface area contributed by atoms with Crippen molar-refractivity contribution in [3.05, 3.63) is 63.0 Å². The predicted molar refractivity (Wildman–Crippen MR) is 192 cm³/mol. The first-order valence-corrected chi connectivity index (χ1v) is 17.7. The Kier molecular flexibility index (Phi) is 12.2. The van der Waals surface area contributed by atoms with Crippen molar-refractivity contribution in [3.8, 4) is 0 Å². The van der Waals surface area contributed by atoms with Gasteiger partial charge in [-0.3, -0.25) is 9.59 Å². The van der Waals surface area contributed by atoms with Crippen LogP contribution in [-0.2, 0) is 19.1 Å². The number of hydrogen-bond donors (Lipinski definition) is 5. The van der Waals surface area contributed by atoms with Gasteiger partial charge >= 0.3 is 17.9 Å². The van der Waals surface area contributed by atoms with Crippen LogP contribution in [0.15, 0.2) is 44.9 Å². The van der Waals surface area contributed by atoms with Gasteiger partial charge in [-0.25, -0.2) is 19.4 Å². The Morgan fingerprint density at radius 3 is 2.08 bits per heavy atom. The van der Waals surface area contributed by atoms with Gasteiger partial charge in [-0.2, -0.15) is 0 Å². The quantitative estimate of drug-likeness (QED) is 0.0957. The number of amides is 2. The Bertz CT molecular complexity index is 1780. The summed E-state index contributed by atoms with van der Waals surface area (Å²) in [5.74, 6) is -1.65. The first-order valence-electron chi connectivity index (χ1n) is 16.7. The van der Waals surface area contributed by atoms with E-state index in [1.165, 1.54) is 30.8 Å². The van der Waals surface area contributed by atoms with E-state index in [-0.39, 0.29) is 58.7 Å². The molecule has 1 fully saturated rings. The number of H-pyrrole nitrogens is 1. The molecule has 12 nitrogen and oxygen atoms in total. The van der Waals surface area contributed by atoms with Crippen molar-refractivity contribution in [1.29, 1.82) is 0 Å². The number of allylic oxidation sites excluding steroid dienone is 2. The lowest BCUT2D eigenvalue weighted by molar-refractivity contribution is -0.152. The van der Waals surface area contributed by atoms with Crippen molar-refractivity contribution < 1.29 is 38.9 Å². The first-order chi connectivity index (χ1) is 23.5. The molecule has 50 heavy (non-hydrogen) atoms. The summed E-state index contributed by atoms with van der Waals surface area (Å²) in [5, 5.41) is 24.4. The number of thioether (sulfide) groups is 1. The normalized spacial score (nSPS) is 21.4. The standard InChI is InChI=1S/C37H46N4O8S/c1-17-12-18(2)32(19(3)13-17)49-37(48)29-22(6)31(23(7)30-20(4)21(5)33(40-30)38-24(8)42)41-34(29)39-28(43)10-9-11-50-27-15-25(35(44)45)14-26(16-27)36(46)47/h14-19,32,40H,9-13H2,1-8H3,(H,38,42)(H,44,45)(H,46,47)(H,39,41,43)/b31-23-. The summed E-state index contributed by atoms with van der Waals surface area (Å²) in [6.07, 6.45) is 2.06. The average molecular weight is 707 g/mol. The van der Waals surface area contributed by atoms with Gasteiger partial charge in [0.1, 0.15) is 23.3 Å². The molecule has 1 aromatic heterocycles. The van der Waals surface area contributed by atoms with Gasteiger partial charge in [0.15, 0.2) is 0 Å². The number of benzene rings is 1. The zero-order chi connectivity index (χ0) is 37.0. The summed E-state index contributed by atoms with van der Waals surface area (Å²) in [6.45, 7) is 15.3. The van der Waals surface area contributed by atoms with E-state index < -0.39 is 17.9 Å². The number of aliphatic imine (C=N–C) groups is 1. The molecule has 1 saturated carbocycles. The van der Waals surface area contributed by atoms with Gasteiger partial charge in [-0.05, 0) is 111 Å². The molecule has 268 valence electrons. The number of carbonyl (C=O) groups excluding carboxylic acids is 3. The molecule has 2 amide bonds. The second-order valence-corrected chi connectivity index (χ2v) is 14.7. The van der Waals surface area contributed by atoms with Crippen molar-refractivity contribution in [1.82, 2.24) is 10.3 Å². The molecule has 2 aliphatic rings. The van der Waals surface area contributed by atoms with Gasteiger partial charge in [0.05, 0.1) is 16.8 Å². The molecule has 0 bridgehead atoms. The van der Waals surface area contributed by atoms with Gasteiger partial charge in [0.2, 0.25) is 11.8 Å². The Labute approximate surface area is 296 Å². The van der Waals surface area contributed by atoms with E-state index in [4.69, 9.17) is 9.73 Å². The second-order valence-electron chi connectivity index (χ2n) is 13.5. The Hall–Kier alpha value is -4.65. The van der Waals surface area contributed by atoms with Gasteiger partial charge in [-0.15, -0.1) is 11.8 Å². The number of amidine groups is 1. The molecule has 13 heteroatoms. The third-order valence-electron chi connectivity index (χ3n) is 9.38.